The lowest BCUT2D eigenvalue weighted by Crippen LogP contribution is -2.58. The van der Waals surface area contributed by atoms with Gasteiger partial charge in [-0.3, -0.25) is 4.79 Å². The highest BCUT2D eigenvalue weighted by Gasteiger charge is 2.57. The quantitative estimate of drug-likeness (QED) is 0.519. The standard InChI is InChI=1S/C29H40N2O5/c1-27(2,3)36-26(34)29(12-7-4-8-13-29)28(14-16-30-17-15-28)21-31-18-11-22(19-31)20-35-24-10-6-5-9-23(24)25(32)33/h4-10,12,22,30H,11,13-21H2,1-3H3,(H,32,33)/t22-,29?/m1/s1. The highest BCUT2D eigenvalue weighted by atomic mass is 16.6. The molecule has 1 aromatic carbocycles. The number of carboxylic acids is 1. The van der Waals surface area contributed by atoms with E-state index in [0.29, 0.717) is 24.7 Å². The number of para-hydroxylation sites is 1. The maximum atomic E-state index is 13.8. The van der Waals surface area contributed by atoms with Gasteiger partial charge in [0.1, 0.15) is 16.9 Å². The van der Waals surface area contributed by atoms with E-state index in [2.05, 4.69) is 22.4 Å². The molecule has 7 nitrogen and oxygen atoms in total. The fourth-order valence-electron chi connectivity index (χ4n) is 6.00. The van der Waals surface area contributed by atoms with E-state index in [-0.39, 0.29) is 16.9 Å². The van der Waals surface area contributed by atoms with E-state index >= 15 is 0 Å². The summed E-state index contributed by atoms with van der Waals surface area (Å²) in [5.41, 5.74) is -1.27. The first kappa shape index (κ1) is 26.4. The molecule has 0 spiro atoms. The molecular weight excluding hydrogens is 456 g/mol. The van der Waals surface area contributed by atoms with Crippen molar-refractivity contribution in [3.63, 3.8) is 0 Å². The molecule has 7 heteroatoms. The molecule has 196 valence electrons. The average molecular weight is 497 g/mol. The molecule has 36 heavy (non-hydrogen) atoms. The van der Waals surface area contributed by atoms with E-state index in [9.17, 15) is 14.7 Å². The third-order valence-electron chi connectivity index (χ3n) is 7.83. The first-order valence-electron chi connectivity index (χ1n) is 13.1. The molecule has 0 bridgehead atoms. The molecule has 0 amide bonds. The Morgan fingerprint density at radius 2 is 1.92 bits per heavy atom. The smallest absolute Gasteiger partial charge is 0.339 e. The number of benzene rings is 1. The Morgan fingerprint density at radius 1 is 1.17 bits per heavy atom. The Balaban J connectivity index is 1.49. The molecule has 1 aliphatic carbocycles. The molecule has 2 fully saturated rings. The van der Waals surface area contributed by atoms with Gasteiger partial charge in [0.2, 0.25) is 0 Å². The number of carbonyl (C=O) groups excluding carboxylic acids is 1. The summed E-state index contributed by atoms with van der Waals surface area (Å²) in [6, 6.07) is 6.79. The predicted octanol–water partition coefficient (Wildman–Crippen LogP) is 4.30. The lowest BCUT2D eigenvalue weighted by molar-refractivity contribution is -0.175. The molecule has 2 saturated heterocycles. The third kappa shape index (κ3) is 5.68. The minimum absolute atomic E-state index is 0.123. The van der Waals surface area contributed by atoms with Gasteiger partial charge in [0.15, 0.2) is 0 Å². The van der Waals surface area contributed by atoms with Gasteiger partial charge in [-0.2, -0.15) is 0 Å². The summed E-state index contributed by atoms with van der Waals surface area (Å²) in [6.07, 6.45) is 11.7. The number of carbonyl (C=O) groups is 2. The van der Waals surface area contributed by atoms with E-state index in [1.807, 2.05) is 32.9 Å². The second-order valence-corrected chi connectivity index (χ2v) is 11.5. The molecule has 1 aromatic rings. The van der Waals surface area contributed by atoms with Crippen LogP contribution in [-0.2, 0) is 9.53 Å². The van der Waals surface area contributed by atoms with Crippen LogP contribution in [0, 0.1) is 16.7 Å². The van der Waals surface area contributed by atoms with Crippen molar-refractivity contribution >= 4 is 11.9 Å². The number of hydrogen-bond acceptors (Lipinski definition) is 6. The van der Waals surface area contributed by atoms with Gasteiger partial charge >= 0.3 is 11.9 Å². The molecule has 4 rings (SSSR count). The molecule has 2 aliphatic heterocycles. The lowest BCUT2D eigenvalue weighted by atomic mass is 9.56. The number of carboxylic acid groups (broad SMARTS) is 1. The molecule has 1 unspecified atom stereocenters. The van der Waals surface area contributed by atoms with Crippen LogP contribution >= 0.6 is 0 Å². The van der Waals surface area contributed by atoms with E-state index in [1.165, 1.54) is 0 Å². The van der Waals surface area contributed by atoms with Gasteiger partial charge in [0.05, 0.1) is 12.0 Å². The number of esters is 1. The number of piperidine rings is 1. The molecule has 2 N–H and O–H groups in total. The van der Waals surface area contributed by atoms with E-state index in [0.717, 1.165) is 52.0 Å². The van der Waals surface area contributed by atoms with Crippen molar-refractivity contribution < 1.29 is 24.2 Å². The van der Waals surface area contributed by atoms with Crippen molar-refractivity contribution in [2.75, 3.05) is 39.3 Å². The van der Waals surface area contributed by atoms with Gasteiger partial charge in [-0.25, -0.2) is 4.79 Å². The SMILES string of the molecule is CC(C)(C)OC(=O)C1(C2(CN3CC[C@@H](COc4ccccc4C(=O)O)C3)CCNCC2)C=CC=CC1. The Hall–Kier alpha value is -2.64. The van der Waals surface area contributed by atoms with Gasteiger partial charge in [0.25, 0.3) is 0 Å². The summed E-state index contributed by atoms with van der Waals surface area (Å²) in [5.74, 6) is -0.374. The second-order valence-electron chi connectivity index (χ2n) is 11.5. The predicted molar refractivity (Wildman–Crippen MR) is 139 cm³/mol. The minimum Gasteiger partial charge on any atom is -0.492 e. The van der Waals surface area contributed by atoms with Crippen LogP contribution in [0.5, 0.6) is 5.75 Å². The van der Waals surface area contributed by atoms with Crippen LogP contribution in [0.3, 0.4) is 0 Å². The monoisotopic (exact) mass is 496 g/mol. The largest absolute Gasteiger partial charge is 0.492 e. The highest BCUT2D eigenvalue weighted by molar-refractivity contribution is 5.90. The number of nitrogens with zero attached hydrogens (tertiary/aromatic N) is 1. The zero-order valence-electron chi connectivity index (χ0n) is 21.8. The van der Waals surface area contributed by atoms with Crippen LogP contribution in [0.15, 0.2) is 48.6 Å². The Kier molecular flexibility index (Phi) is 7.90. The third-order valence-corrected chi connectivity index (χ3v) is 7.83. The second kappa shape index (κ2) is 10.8. The number of hydrogen-bond donors (Lipinski definition) is 2. The first-order chi connectivity index (χ1) is 17.1. The summed E-state index contributed by atoms with van der Waals surface area (Å²) in [4.78, 5) is 27.8. The summed E-state index contributed by atoms with van der Waals surface area (Å²) < 4.78 is 12.0. The molecule has 0 radical (unpaired) electrons. The van der Waals surface area contributed by atoms with Crippen LogP contribution in [-0.4, -0.2) is 66.9 Å². The fourth-order valence-corrected chi connectivity index (χ4v) is 6.00. The zero-order valence-corrected chi connectivity index (χ0v) is 21.8. The molecule has 2 atom stereocenters. The number of ether oxygens (including phenoxy) is 2. The van der Waals surface area contributed by atoms with Gasteiger partial charge in [0, 0.05) is 24.4 Å². The average Bonchev–Trinajstić information content (AvgIpc) is 3.29. The normalized spacial score (nSPS) is 26.0. The zero-order chi connectivity index (χ0) is 25.8. The van der Waals surface area contributed by atoms with Crippen LogP contribution in [0.1, 0.15) is 56.8 Å². The van der Waals surface area contributed by atoms with Crippen molar-refractivity contribution in [3.05, 3.63) is 54.1 Å². The lowest BCUT2D eigenvalue weighted by Gasteiger charge is -2.52. The number of rotatable bonds is 8. The number of nitrogens with one attached hydrogen (secondary N) is 1. The molecule has 2 heterocycles. The molecule has 3 aliphatic rings. The van der Waals surface area contributed by atoms with Crippen LogP contribution < -0.4 is 10.1 Å². The number of aromatic carboxylic acids is 1. The van der Waals surface area contributed by atoms with E-state index < -0.39 is 17.0 Å². The first-order valence-corrected chi connectivity index (χ1v) is 13.1. The Morgan fingerprint density at radius 3 is 2.58 bits per heavy atom. The highest BCUT2D eigenvalue weighted by Crippen LogP contribution is 2.53. The topological polar surface area (TPSA) is 88.1 Å². The number of allylic oxidation sites excluding steroid dienone is 3. The maximum absolute atomic E-state index is 13.8. The Labute approximate surface area is 214 Å². The molecule has 0 aromatic heterocycles. The van der Waals surface area contributed by atoms with E-state index in [4.69, 9.17) is 9.47 Å². The van der Waals surface area contributed by atoms with Crippen LogP contribution in [0.4, 0.5) is 0 Å². The summed E-state index contributed by atoms with van der Waals surface area (Å²) in [6.45, 7) is 10.7. The van der Waals surface area contributed by atoms with Crippen LogP contribution in [0.2, 0.25) is 0 Å². The van der Waals surface area contributed by atoms with Gasteiger partial charge in [-0.1, -0.05) is 36.4 Å². The summed E-state index contributed by atoms with van der Waals surface area (Å²) in [7, 11) is 0. The van der Waals surface area contributed by atoms with Gasteiger partial charge in [-0.15, -0.1) is 0 Å². The minimum atomic E-state index is -0.978. The summed E-state index contributed by atoms with van der Waals surface area (Å²) in [5, 5.41) is 12.9. The van der Waals surface area contributed by atoms with Crippen LogP contribution in [0.25, 0.3) is 0 Å². The van der Waals surface area contributed by atoms with Gasteiger partial charge < -0.3 is 24.8 Å². The summed E-state index contributed by atoms with van der Waals surface area (Å²) >= 11 is 0. The van der Waals surface area contributed by atoms with Crippen molar-refractivity contribution in [2.24, 2.45) is 16.7 Å². The van der Waals surface area contributed by atoms with Crippen molar-refractivity contribution in [1.29, 1.82) is 0 Å². The van der Waals surface area contributed by atoms with Crippen molar-refractivity contribution in [3.8, 4) is 5.75 Å². The maximum Gasteiger partial charge on any atom is 0.339 e. The number of likely N-dealkylation sites (tertiary alicyclic amines) is 1. The van der Waals surface area contributed by atoms with Crippen molar-refractivity contribution in [1.82, 2.24) is 10.2 Å². The molecular formula is C29H40N2O5. The van der Waals surface area contributed by atoms with Crippen molar-refractivity contribution in [2.45, 2.75) is 52.1 Å². The molecule has 0 saturated carbocycles. The Bertz CT molecular complexity index is 1010. The van der Waals surface area contributed by atoms with E-state index in [1.54, 1.807) is 24.3 Å². The van der Waals surface area contributed by atoms with Gasteiger partial charge in [-0.05, 0) is 78.2 Å². The fraction of sp³-hybridized carbons (Fsp3) is 0.586.